The maximum absolute atomic E-state index is 13.0. The van der Waals surface area contributed by atoms with Gasteiger partial charge in [0.2, 0.25) is 0 Å². The molecule has 0 saturated heterocycles. The zero-order valence-corrected chi connectivity index (χ0v) is 18.3. The number of esters is 1. The average Bonchev–Trinajstić information content (AvgIpc) is 2.76. The van der Waals surface area contributed by atoms with E-state index >= 15 is 0 Å². The summed E-state index contributed by atoms with van der Waals surface area (Å²) in [5.74, 6) is -1.33. The van der Waals surface area contributed by atoms with Gasteiger partial charge < -0.3 is 10.1 Å². The lowest BCUT2D eigenvalue weighted by Crippen LogP contribution is -2.24. The van der Waals surface area contributed by atoms with Crippen molar-refractivity contribution in [3.63, 3.8) is 0 Å². The van der Waals surface area contributed by atoms with Crippen LogP contribution in [0, 0.1) is 5.92 Å². The van der Waals surface area contributed by atoms with E-state index in [1.807, 2.05) is 12.1 Å². The highest BCUT2D eigenvalue weighted by molar-refractivity contribution is 6.33. The Labute approximate surface area is 192 Å². The minimum Gasteiger partial charge on any atom is -0.452 e. The Balaban J connectivity index is 1.52. The summed E-state index contributed by atoms with van der Waals surface area (Å²) in [7, 11) is 0. The fourth-order valence-corrected chi connectivity index (χ4v) is 4.07. The van der Waals surface area contributed by atoms with Gasteiger partial charge in [-0.15, -0.1) is 0 Å². The molecule has 0 aliphatic heterocycles. The second kappa shape index (κ2) is 8.97. The SMILES string of the molecule is CC1CCc2nc3ccccc3c(C(=O)OCC(=O)Nc3ncc(C(F)(F)F)cc3Cl)c2C1. The van der Waals surface area contributed by atoms with Gasteiger partial charge in [0.05, 0.1) is 21.7 Å². The number of alkyl halides is 3. The maximum atomic E-state index is 13.0. The molecule has 0 radical (unpaired) electrons. The quantitative estimate of drug-likeness (QED) is 0.521. The van der Waals surface area contributed by atoms with E-state index < -0.39 is 30.2 Å². The van der Waals surface area contributed by atoms with Gasteiger partial charge >= 0.3 is 12.1 Å². The van der Waals surface area contributed by atoms with Gasteiger partial charge in [0.15, 0.2) is 12.4 Å². The van der Waals surface area contributed by atoms with E-state index in [4.69, 9.17) is 16.3 Å². The number of carbonyl (C=O) groups excluding carboxylic acids is 2. The number of hydrogen-bond donors (Lipinski definition) is 1. The number of nitrogens with zero attached hydrogens (tertiary/aromatic N) is 2. The normalized spacial score (nSPS) is 15.7. The van der Waals surface area contributed by atoms with Crippen molar-refractivity contribution in [2.45, 2.75) is 32.4 Å². The number of aromatic nitrogens is 2. The van der Waals surface area contributed by atoms with Crippen molar-refractivity contribution < 1.29 is 27.5 Å². The molecule has 1 unspecified atom stereocenters. The van der Waals surface area contributed by atoms with Crippen molar-refractivity contribution in [1.29, 1.82) is 0 Å². The van der Waals surface area contributed by atoms with E-state index in [1.54, 1.807) is 12.1 Å². The number of carbonyl (C=O) groups is 2. The number of nitrogens with one attached hydrogen (secondary N) is 1. The summed E-state index contributed by atoms with van der Waals surface area (Å²) in [5.41, 5.74) is 1.69. The standard InChI is InChI=1S/C23H19ClF3N3O3/c1-12-6-7-18-15(8-12)20(14-4-2-3-5-17(14)29-18)22(32)33-11-19(31)30-21-16(24)9-13(10-28-21)23(25,26)27/h2-5,9-10,12H,6-8,11H2,1H3,(H,28,30,31). The molecule has 1 aliphatic rings. The van der Waals surface area contributed by atoms with Crippen molar-refractivity contribution in [2.75, 3.05) is 11.9 Å². The molecular formula is C23H19ClF3N3O3. The first-order valence-corrected chi connectivity index (χ1v) is 10.6. The van der Waals surface area contributed by atoms with E-state index in [9.17, 15) is 22.8 Å². The molecule has 0 bridgehead atoms. The molecule has 6 nitrogen and oxygen atoms in total. The van der Waals surface area contributed by atoms with Crippen LogP contribution >= 0.6 is 11.6 Å². The van der Waals surface area contributed by atoms with Crippen LogP contribution in [0.3, 0.4) is 0 Å². The van der Waals surface area contributed by atoms with Gasteiger partial charge in [-0.1, -0.05) is 36.7 Å². The molecule has 1 N–H and O–H groups in total. The highest BCUT2D eigenvalue weighted by Crippen LogP contribution is 2.33. The first-order chi connectivity index (χ1) is 15.6. The number of pyridine rings is 2. The molecule has 33 heavy (non-hydrogen) atoms. The molecule has 172 valence electrons. The number of anilines is 1. The second-order valence-corrected chi connectivity index (χ2v) is 8.36. The number of ether oxygens (including phenoxy) is 1. The van der Waals surface area contributed by atoms with Crippen LogP contribution in [-0.2, 0) is 28.5 Å². The Bertz CT molecular complexity index is 1250. The Morgan fingerprint density at radius 1 is 1.27 bits per heavy atom. The molecule has 1 atom stereocenters. The van der Waals surface area contributed by atoms with Gasteiger partial charge in [0, 0.05) is 17.3 Å². The monoisotopic (exact) mass is 477 g/mol. The van der Waals surface area contributed by atoms with Crippen LogP contribution in [0.25, 0.3) is 10.9 Å². The summed E-state index contributed by atoms with van der Waals surface area (Å²) in [4.78, 5) is 33.5. The Morgan fingerprint density at radius 2 is 2.03 bits per heavy atom. The Kier molecular flexibility index (Phi) is 6.25. The maximum Gasteiger partial charge on any atom is 0.417 e. The Morgan fingerprint density at radius 3 is 2.76 bits per heavy atom. The highest BCUT2D eigenvalue weighted by atomic mass is 35.5. The molecule has 2 aromatic heterocycles. The van der Waals surface area contributed by atoms with Crippen molar-refractivity contribution in [1.82, 2.24) is 9.97 Å². The molecule has 1 amide bonds. The molecular weight excluding hydrogens is 459 g/mol. The molecule has 2 heterocycles. The van der Waals surface area contributed by atoms with E-state index in [0.29, 0.717) is 41.1 Å². The largest absolute Gasteiger partial charge is 0.452 e. The minimum atomic E-state index is -4.61. The number of rotatable bonds is 4. The minimum absolute atomic E-state index is 0.258. The van der Waals surface area contributed by atoms with Gasteiger partial charge in [-0.25, -0.2) is 9.78 Å². The van der Waals surface area contributed by atoms with Crippen LogP contribution in [0.2, 0.25) is 5.02 Å². The predicted molar refractivity (Wildman–Crippen MR) is 116 cm³/mol. The van der Waals surface area contributed by atoms with Crippen molar-refractivity contribution in [3.05, 3.63) is 63.9 Å². The molecule has 1 aromatic carbocycles. The second-order valence-electron chi connectivity index (χ2n) is 7.95. The van der Waals surface area contributed by atoms with Gasteiger partial charge in [-0.05, 0) is 42.9 Å². The van der Waals surface area contributed by atoms with E-state index in [-0.39, 0.29) is 10.8 Å². The summed E-state index contributed by atoms with van der Waals surface area (Å²) >= 11 is 5.80. The molecule has 4 rings (SSSR count). The van der Waals surface area contributed by atoms with Crippen molar-refractivity contribution >= 4 is 40.2 Å². The predicted octanol–water partition coefficient (Wildman–Crippen LogP) is 5.22. The fourth-order valence-electron chi connectivity index (χ4n) is 3.85. The number of para-hydroxylation sites is 1. The summed E-state index contributed by atoms with van der Waals surface area (Å²) in [6.07, 6.45) is -1.66. The van der Waals surface area contributed by atoms with E-state index in [1.165, 1.54) is 0 Å². The fraction of sp³-hybridized carbons (Fsp3) is 0.304. The van der Waals surface area contributed by atoms with E-state index in [0.717, 1.165) is 24.1 Å². The lowest BCUT2D eigenvalue weighted by molar-refractivity contribution is -0.137. The molecule has 0 spiro atoms. The topological polar surface area (TPSA) is 81.2 Å². The number of hydrogen-bond acceptors (Lipinski definition) is 5. The summed E-state index contributed by atoms with van der Waals surface area (Å²) in [5, 5.41) is 2.52. The summed E-state index contributed by atoms with van der Waals surface area (Å²) < 4.78 is 43.5. The summed E-state index contributed by atoms with van der Waals surface area (Å²) in [6, 6.07) is 7.88. The van der Waals surface area contributed by atoms with Gasteiger partial charge in [-0.3, -0.25) is 9.78 Å². The lowest BCUT2D eigenvalue weighted by Gasteiger charge is -2.24. The molecule has 0 fully saturated rings. The zero-order chi connectivity index (χ0) is 23.8. The lowest BCUT2D eigenvalue weighted by atomic mass is 9.84. The van der Waals surface area contributed by atoms with Crippen LogP contribution < -0.4 is 5.32 Å². The van der Waals surface area contributed by atoms with Crippen LogP contribution in [0.4, 0.5) is 19.0 Å². The van der Waals surface area contributed by atoms with Crippen LogP contribution in [0.5, 0.6) is 0 Å². The smallest absolute Gasteiger partial charge is 0.417 e. The Hall–Kier alpha value is -3.20. The average molecular weight is 478 g/mol. The van der Waals surface area contributed by atoms with Crippen molar-refractivity contribution in [3.8, 4) is 0 Å². The molecule has 3 aromatic rings. The number of amides is 1. The third-order valence-corrected chi connectivity index (χ3v) is 5.76. The first kappa shape index (κ1) is 23.0. The zero-order valence-electron chi connectivity index (χ0n) is 17.5. The van der Waals surface area contributed by atoms with Gasteiger partial charge in [0.25, 0.3) is 5.91 Å². The number of fused-ring (bicyclic) bond motifs is 2. The molecule has 1 aliphatic carbocycles. The number of halogens is 4. The third kappa shape index (κ3) is 4.93. The van der Waals surface area contributed by atoms with Crippen LogP contribution in [0.15, 0.2) is 36.5 Å². The number of aryl methyl sites for hydroxylation is 1. The van der Waals surface area contributed by atoms with Gasteiger partial charge in [-0.2, -0.15) is 13.2 Å². The first-order valence-electron chi connectivity index (χ1n) is 10.2. The molecule has 0 saturated carbocycles. The molecule has 10 heteroatoms. The van der Waals surface area contributed by atoms with E-state index in [2.05, 4.69) is 22.2 Å². The van der Waals surface area contributed by atoms with Gasteiger partial charge in [0.1, 0.15) is 0 Å². The number of benzene rings is 1. The summed E-state index contributed by atoms with van der Waals surface area (Å²) in [6.45, 7) is 1.44. The van der Waals surface area contributed by atoms with Crippen LogP contribution in [-0.4, -0.2) is 28.5 Å². The highest BCUT2D eigenvalue weighted by Gasteiger charge is 2.32. The third-order valence-electron chi connectivity index (χ3n) is 5.47. The van der Waals surface area contributed by atoms with Crippen LogP contribution in [0.1, 0.15) is 40.5 Å². The van der Waals surface area contributed by atoms with Crippen molar-refractivity contribution in [2.24, 2.45) is 5.92 Å².